The highest BCUT2D eigenvalue weighted by Gasteiger charge is 2.30. The summed E-state index contributed by atoms with van der Waals surface area (Å²) in [5, 5.41) is 0. The number of ether oxygens (including phenoxy) is 3. The summed E-state index contributed by atoms with van der Waals surface area (Å²) < 4.78 is 51.6. The lowest BCUT2D eigenvalue weighted by Crippen LogP contribution is -2.22. The number of pyridine rings is 1. The van der Waals surface area contributed by atoms with Crippen molar-refractivity contribution in [1.29, 1.82) is 0 Å². The summed E-state index contributed by atoms with van der Waals surface area (Å²) in [6, 6.07) is 1.49. The number of nitrogens with zero attached hydrogens (tertiary/aromatic N) is 1. The number of aromatic nitrogens is 1. The van der Waals surface area contributed by atoms with Crippen molar-refractivity contribution in [2.45, 2.75) is 24.9 Å². The first kappa shape index (κ1) is 16.5. The number of carbonyl (C=O) groups excluding carboxylic acids is 1. The molecular formula is C14H16F3NO4. The van der Waals surface area contributed by atoms with E-state index in [2.05, 4.69) is 9.72 Å². The van der Waals surface area contributed by atoms with E-state index in [0.29, 0.717) is 31.6 Å². The summed E-state index contributed by atoms with van der Waals surface area (Å²) in [6.45, 7) is -0.411. The number of methoxy groups -OCH3 is 1. The van der Waals surface area contributed by atoms with Crippen LogP contribution in [0.15, 0.2) is 12.3 Å². The fraction of sp³-hybridized carbons (Fsp3) is 0.571. The van der Waals surface area contributed by atoms with Crippen molar-refractivity contribution in [2.24, 2.45) is 0 Å². The number of rotatable bonds is 4. The minimum atomic E-state index is -4.45. The lowest BCUT2D eigenvalue weighted by atomic mass is 9.91. The fourth-order valence-corrected chi connectivity index (χ4v) is 2.27. The molecule has 0 aliphatic carbocycles. The van der Waals surface area contributed by atoms with E-state index in [4.69, 9.17) is 9.47 Å². The Balaban J connectivity index is 2.28. The fourth-order valence-electron chi connectivity index (χ4n) is 2.27. The first-order chi connectivity index (χ1) is 10.4. The second-order valence-corrected chi connectivity index (χ2v) is 4.90. The monoisotopic (exact) mass is 319 g/mol. The van der Waals surface area contributed by atoms with Gasteiger partial charge in [0.25, 0.3) is 0 Å². The van der Waals surface area contributed by atoms with Crippen molar-refractivity contribution in [2.75, 3.05) is 26.9 Å². The molecule has 0 spiro atoms. The maximum Gasteiger partial charge on any atom is 0.422 e. The molecule has 122 valence electrons. The van der Waals surface area contributed by atoms with Gasteiger partial charge in [-0.25, -0.2) is 9.78 Å². The molecule has 2 heterocycles. The lowest BCUT2D eigenvalue weighted by molar-refractivity contribution is -0.154. The van der Waals surface area contributed by atoms with Crippen molar-refractivity contribution < 1.29 is 32.2 Å². The minimum Gasteiger partial charge on any atom is -0.468 e. The zero-order valence-corrected chi connectivity index (χ0v) is 12.0. The van der Waals surface area contributed by atoms with Gasteiger partial charge in [0.1, 0.15) is 0 Å². The van der Waals surface area contributed by atoms with Crippen molar-refractivity contribution in [3.63, 3.8) is 0 Å². The average molecular weight is 319 g/mol. The van der Waals surface area contributed by atoms with E-state index < -0.39 is 18.8 Å². The van der Waals surface area contributed by atoms with Gasteiger partial charge in [0, 0.05) is 25.0 Å². The second kappa shape index (κ2) is 6.95. The highest BCUT2D eigenvalue weighted by Crippen LogP contribution is 2.33. The van der Waals surface area contributed by atoms with Crippen LogP contribution in [-0.2, 0) is 9.47 Å². The van der Waals surface area contributed by atoms with Crippen LogP contribution >= 0.6 is 0 Å². The molecule has 1 fully saturated rings. The number of esters is 1. The SMILES string of the molecule is COC(=O)c1cnc(OCC(F)(F)F)c(C2CCOCC2)c1. The Kier molecular flexibility index (Phi) is 5.23. The molecule has 8 heteroatoms. The lowest BCUT2D eigenvalue weighted by Gasteiger charge is -2.24. The van der Waals surface area contributed by atoms with Gasteiger partial charge in [-0.15, -0.1) is 0 Å². The molecule has 2 rings (SSSR count). The van der Waals surface area contributed by atoms with Crippen LogP contribution in [0.5, 0.6) is 5.88 Å². The zero-order valence-electron chi connectivity index (χ0n) is 12.0. The quantitative estimate of drug-likeness (QED) is 0.799. The molecule has 1 aliphatic rings. The topological polar surface area (TPSA) is 57.7 Å². The Morgan fingerprint density at radius 2 is 2.09 bits per heavy atom. The average Bonchev–Trinajstić information content (AvgIpc) is 2.52. The van der Waals surface area contributed by atoms with Gasteiger partial charge in [-0.1, -0.05) is 0 Å². The number of carbonyl (C=O) groups is 1. The third-order valence-corrected chi connectivity index (χ3v) is 3.33. The van der Waals surface area contributed by atoms with Gasteiger partial charge in [-0.05, 0) is 24.8 Å². The molecule has 0 amide bonds. The number of alkyl halides is 3. The van der Waals surface area contributed by atoms with Crippen molar-refractivity contribution in [3.05, 3.63) is 23.4 Å². The molecule has 0 atom stereocenters. The van der Waals surface area contributed by atoms with Crippen LogP contribution in [0.25, 0.3) is 0 Å². The van der Waals surface area contributed by atoms with E-state index in [-0.39, 0.29) is 17.4 Å². The molecular weight excluding hydrogens is 303 g/mol. The summed E-state index contributed by atoms with van der Waals surface area (Å²) >= 11 is 0. The third-order valence-electron chi connectivity index (χ3n) is 3.33. The highest BCUT2D eigenvalue weighted by molar-refractivity contribution is 5.89. The number of hydrogen-bond donors (Lipinski definition) is 0. The third kappa shape index (κ3) is 4.33. The standard InChI is InChI=1S/C14H16F3NO4/c1-20-13(19)10-6-11(9-2-4-21-5-3-9)12(18-7-10)22-8-14(15,16)17/h6-7,9H,2-5,8H2,1H3. The molecule has 5 nitrogen and oxygen atoms in total. The predicted octanol–water partition coefficient (Wildman–Crippen LogP) is 2.70. The van der Waals surface area contributed by atoms with E-state index in [1.54, 1.807) is 0 Å². The molecule has 1 aliphatic heterocycles. The van der Waals surface area contributed by atoms with Crippen molar-refractivity contribution >= 4 is 5.97 Å². The first-order valence-electron chi connectivity index (χ1n) is 6.76. The molecule has 0 N–H and O–H groups in total. The van der Waals surface area contributed by atoms with E-state index in [1.807, 2.05) is 0 Å². The van der Waals surface area contributed by atoms with Crippen LogP contribution in [0.4, 0.5) is 13.2 Å². The minimum absolute atomic E-state index is 0.0610. The molecule has 1 aromatic heterocycles. The van der Waals surface area contributed by atoms with Crippen molar-refractivity contribution in [1.82, 2.24) is 4.98 Å². The summed E-state index contributed by atoms with van der Waals surface area (Å²) in [6.07, 6.45) is -2.03. The van der Waals surface area contributed by atoms with Crippen LogP contribution in [0.1, 0.15) is 34.7 Å². The summed E-state index contributed by atoms with van der Waals surface area (Å²) in [5.41, 5.74) is 0.666. The first-order valence-corrected chi connectivity index (χ1v) is 6.76. The molecule has 1 aromatic rings. The molecule has 0 aromatic carbocycles. The van der Waals surface area contributed by atoms with E-state index in [9.17, 15) is 18.0 Å². The Hall–Kier alpha value is -1.83. The Morgan fingerprint density at radius 1 is 1.41 bits per heavy atom. The molecule has 22 heavy (non-hydrogen) atoms. The summed E-state index contributed by atoms with van der Waals surface area (Å²) in [5.74, 6) is -0.755. The van der Waals surface area contributed by atoms with Gasteiger partial charge in [0.05, 0.1) is 12.7 Å². The molecule has 0 radical (unpaired) electrons. The second-order valence-electron chi connectivity index (χ2n) is 4.90. The molecule has 0 unspecified atom stereocenters. The summed E-state index contributed by atoms with van der Waals surface area (Å²) in [7, 11) is 1.23. The Labute approximate surface area is 125 Å². The molecule has 0 saturated carbocycles. The van der Waals surface area contributed by atoms with E-state index in [1.165, 1.54) is 13.2 Å². The molecule has 1 saturated heterocycles. The van der Waals surface area contributed by atoms with Gasteiger partial charge in [0.2, 0.25) is 5.88 Å². The van der Waals surface area contributed by atoms with Crippen LogP contribution < -0.4 is 4.74 Å². The Bertz CT molecular complexity index is 527. The van der Waals surface area contributed by atoms with E-state index in [0.717, 1.165) is 6.20 Å². The Morgan fingerprint density at radius 3 is 2.68 bits per heavy atom. The summed E-state index contributed by atoms with van der Waals surface area (Å²) in [4.78, 5) is 15.4. The van der Waals surface area contributed by atoms with Gasteiger partial charge in [-0.3, -0.25) is 0 Å². The van der Waals surface area contributed by atoms with Crippen LogP contribution in [-0.4, -0.2) is 44.1 Å². The zero-order chi connectivity index (χ0) is 16.2. The van der Waals surface area contributed by atoms with Crippen LogP contribution in [0.2, 0.25) is 0 Å². The normalized spacial score (nSPS) is 16.4. The number of hydrogen-bond acceptors (Lipinski definition) is 5. The predicted molar refractivity (Wildman–Crippen MR) is 69.9 cm³/mol. The van der Waals surface area contributed by atoms with Gasteiger partial charge in [-0.2, -0.15) is 13.2 Å². The largest absolute Gasteiger partial charge is 0.468 e. The highest BCUT2D eigenvalue weighted by atomic mass is 19.4. The molecule has 0 bridgehead atoms. The van der Waals surface area contributed by atoms with Crippen LogP contribution in [0, 0.1) is 0 Å². The van der Waals surface area contributed by atoms with Gasteiger partial charge in [0.15, 0.2) is 6.61 Å². The number of halogens is 3. The van der Waals surface area contributed by atoms with Crippen LogP contribution in [0.3, 0.4) is 0 Å². The maximum atomic E-state index is 12.3. The smallest absolute Gasteiger partial charge is 0.422 e. The van der Waals surface area contributed by atoms with Crippen molar-refractivity contribution in [3.8, 4) is 5.88 Å². The van der Waals surface area contributed by atoms with Gasteiger partial charge < -0.3 is 14.2 Å². The maximum absolute atomic E-state index is 12.3. The van der Waals surface area contributed by atoms with E-state index >= 15 is 0 Å². The van der Waals surface area contributed by atoms with Gasteiger partial charge >= 0.3 is 12.1 Å².